The molecule has 2 aromatic rings. The van der Waals surface area contributed by atoms with E-state index in [-0.39, 0.29) is 24.8 Å². The predicted octanol–water partition coefficient (Wildman–Crippen LogP) is 3.36. The predicted molar refractivity (Wildman–Crippen MR) is 101 cm³/mol. The summed E-state index contributed by atoms with van der Waals surface area (Å²) in [5.41, 5.74) is 0.889. The number of hydrogen-bond acceptors (Lipinski definition) is 7. The van der Waals surface area contributed by atoms with E-state index < -0.39 is 12.1 Å². The number of esters is 1. The summed E-state index contributed by atoms with van der Waals surface area (Å²) in [4.78, 5) is 28.6. The SMILES string of the molecule is CC(OC(=O)CCc1nc(-c2ccsc2)no1)C(=O)NC1CCCCC1C. The number of carbonyl (C=O) groups is 2. The molecule has 1 N–H and O–H groups in total. The summed E-state index contributed by atoms with van der Waals surface area (Å²) in [6.07, 6.45) is 4.00. The van der Waals surface area contributed by atoms with Gasteiger partial charge < -0.3 is 14.6 Å². The van der Waals surface area contributed by atoms with Gasteiger partial charge in [-0.05, 0) is 37.1 Å². The number of nitrogens with one attached hydrogen (secondary N) is 1. The van der Waals surface area contributed by atoms with Crippen molar-refractivity contribution in [2.24, 2.45) is 5.92 Å². The van der Waals surface area contributed by atoms with Gasteiger partial charge in [-0.3, -0.25) is 9.59 Å². The first-order chi connectivity index (χ1) is 13.0. The Balaban J connectivity index is 1.42. The summed E-state index contributed by atoms with van der Waals surface area (Å²) in [5.74, 6) is 0.653. The molecule has 0 radical (unpaired) electrons. The molecule has 1 aliphatic rings. The Bertz CT molecular complexity index is 759. The zero-order valence-corrected chi connectivity index (χ0v) is 16.5. The number of ether oxygens (including phenoxy) is 1. The van der Waals surface area contributed by atoms with Gasteiger partial charge in [-0.15, -0.1) is 0 Å². The summed E-state index contributed by atoms with van der Waals surface area (Å²) < 4.78 is 10.4. The molecule has 27 heavy (non-hydrogen) atoms. The maximum atomic E-state index is 12.3. The summed E-state index contributed by atoms with van der Waals surface area (Å²) in [5, 5.41) is 10.8. The summed E-state index contributed by atoms with van der Waals surface area (Å²) in [7, 11) is 0. The highest BCUT2D eigenvalue weighted by Crippen LogP contribution is 2.24. The van der Waals surface area contributed by atoms with Crippen LogP contribution in [-0.4, -0.2) is 34.2 Å². The van der Waals surface area contributed by atoms with Gasteiger partial charge in [0.05, 0.1) is 6.42 Å². The number of rotatable bonds is 7. The van der Waals surface area contributed by atoms with Crippen LogP contribution in [0.2, 0.25) is 0 Å². The van der Waals surface area contributed by atoms with E-state index >= 15 is 0 Å². The van der Waals surface area contributed by atoms with E-state index in [9.17, 15) is 9.59 Å². The summed E-state index contributed by atoms with van der Waals surface area (Å²) >= 11 is 1.55. The third kappa shape index (κ3) is 5.38. The van der Waals surface area contributed by atoms with E-state index in [1.165, 1.54) is 6.42 Å². The molecular weight excluding hydrogens is 366 g/mol. The molecule has 8 heteroatoms. The Labute approximate surface area is 162 Å². The quantitative estimate of drug-likeness (QED) is 0.727. The minimum absolute atomic E-state index is 0.0860. The largest absolute Gasteiger partial charge is 0.453 e. The van der Waals surface area contributed by atoms with Crippen LogP contribution in [0.4, 0.5) is 0 Å². The van der Waals surface area contributed by atoms with E-state index in [0.717, 1.165) is 24.8 Å². The lowest BCUT2D eigenvalue weighted by atomic mass is 9.86. The first-order valence-corrected chi connectivity index (χ1v) is 10.3. The molecule has 3 rings (SSSR count). The van der Waals surface area contributed by atoms with Crippen molar-refractivity contribution >= 4 is 23.2 Å². The second-order valence-corrected chi connectivity index (χ2v) is 7.81. The fraction of sp³-hybridized carbons (Fsp3) is 0.579. The van der Waals surface area contributed by atoms with E-state index in [2.05, 4.69) is 22.4 Å². The highest BCUT2D eigenvalue weighted by atomic mass is 32.1. The number of nitrogens with zero attached hydrogens (tertiary/aromatic N) is 2. The van der Waals surface area contributed by atoms with Gasteiger partial charge in [0.15, 0.2) is 6.10 Å². The van der Waals surface area contributed by atoms with E-state index in [4.69, 9.17) is 9.26 Å². The second kappa shape index (κ2) is 9.12. The van der Waals surface area contributed by atoms with Crippen molar-refractivity contribution in [3.05, 3.63) is 22.7 Å². The standard InChI is InChI=1S/C19H25N3O4S/c1-12-5-3-4-6-15(12)20-19(24)13(2)25-17(23)8-7-16-21-18(22-26-16)14-9-10-27-11-14/h9-13,15H,3-8H2,1-2H3,(H,20,24). The molecule has 0 aliphatic heterocycles. The third-order valence-corrected chi connectivity index (χ3v) is 5.59. The molecule has 0 spiro atoms. The molecule has 146 valence electrons. The smallest absolute Gasteiger partial charge is 0.307 e. The molecule has 3 atom stereocenters. The Hall–Kier alpha value is -2.22. The van der Waals surface area contributed by atoms with Crippen molar-refractivity contribution in [1.82, 2.24) is 15.5 Å². The molecule has 7 nitrogen and oxygen atoms in total. The van der Waals surface area contributed by atoms with Gasteiger partial charge in [0, 0.05) is 23.4 Å². The minimum Gasteiger partial charge on any atom is -0.453 e. The first kappa shape index (κ1) is 19.5. The average molecular weight is 391 g/mol. The molecule has 2 heterocycles. The van der Waals surface area contributed by atoms with Crippen molar-refractivity contribution in [1.29, 1.82) is 0 Å². The van der Waals surface area contributed by atoms with Crippen LogP contribution in [0.15, 0.2) is 21.3 Å². The van der Waals surface area contributed by atoms with Crippen molar-refractivity contribution < 1.29 is 18.8 Å². The van der Waals surface area contributed by atoms with Crippen LogP contribution in [0.5, 0.6) is 0 Å². The van der Waals surface area contributed by atoms with Gasteiger partial charge in [-0.1, -0.05) is 24.9 Å². The average Bonchev–Trinajstić information content (AvgIpc) is 3.33. The van der Waals surface area contributed by atoms with Crippen LogP contribution in [0.3, 0.4) is 0 Å². The van der Waals surface area contributed by atoms with Crippen LogP contribution < -0.4 is 5.32 Å². The lowest BCUT2D eigenvalue weighted by Crippen LogP contribution is -2.46. The Kier molecular flexibility index (Phi) is 6.60. The summed E-state index contributed by atoms with van der Waals surface area (Å²) in [6.45, 7) is 3.75. The highest BCUT2D eigenvalue weighted by Gasteiger charge is 2.26. The van der Waals surface area contributed by atoms with Crippen molar-refractivity contribution in [3.8, 4) is 11.4 Å². The minimum atomic E-state index is -0.810. The molecule has 1 amide bonds. The number of aromatic nitrogens is 2. The number of hydrogen-bond donors (Lipinski definition) is 1. The number of amides is 1. The van der Waals surface area contributed by atoms with Gasteiger partial charge in [0.2, 0.25) is 11.7 Å². The van der Waals surface area contributed by atoms with Gasteiger partial charge >= 0.3 is 5.97 Å². The fourth-order valence-corrected chi connectivity index (χ4v) is 3.85. The molecule has 1 fully saturated rings. The van der Waals surface area contributed by atoms with Crippen LogP contribution in [-0.2, 0) is 20.7 Å². The topological polar surface area (TPSA) is 94.3 Å². The van der Waals surface area contributed by atoms with Crippen LogP contribution >= 0.6 is 11.3 Å². The van der Waals surface area contributed by atoms with Crippen molar-refractivity contribution in [2.45, 2.75) is 64.5 Å². The zero-order chi connectivity index (χ0) is 19.2. The lowest BCUT2D eigenvalue weighted by molar-refractivity contribution is -0.155. The maximum absolute atomic E-state index is 12.3. The molecular formula is C19H25N3O4S. The zero-order valence-electron chi connectivity index (χ0n) is 15.6. The fourth-order valence-electron chi connectivity index (χ4n) is 3.21. The van der Waals surface area contributed by atoms with E-state index in [1.807, 2.05) is 16.8 Å². The number of thiophene rings is 1. The molecule has 2 aromatic heterocycles. The van der Waals surface area contributed by atoms with Gasteiger partial charge in [-0.2, -0.15) is 16.3 Å². The van der Waals surface area contributed by atoms with Crippen LogP contribution in [0.1, 0.15) is 51.8 Å². The van der Waals surface area contributed by atoms with Crippen molar-refractivity contribution in [3.63, 3.8) is 0 Å². The molecule has 1 saturated carbocycles. The Morgan fingerprint density at radius 2 is 2.22 bits per heavy atom. The van der Waals surface area contributed by atoms with Crippen LogP contribution in [0.25, 0.3) is 11.4 Å². The molecule has 0 bridgehead atoms. The molecule has 0 aromatic carbocycles. The van der Waals surface area contributed by atoms with Crippen LogP contribution in [0, 0.1) is 5.92 Å². The third-order valence-electron chi connectivity index (χ3n) is 4.91. The Morgan fingerprint density at radius 1 is 1.41 bits per heavy atom. The van der Waals surface area contributed by atoms with E-state index in [1.54, 1.807) is 18.3 Å². The summed E-state index contributed by atoms with van der Waals surface area (Å²) in [6, 6.07) is 2.07. The highest BCUT2D eigenvalue weighted by molar-refractivity contribution is 7.08. The Morgan fingerprint density at radius 3 is 2.96 bits per heavy atom. The maximum Gasteiger partial charge on any atom is 0.307 e. The normalized spacial score (nSPS) is 20.8. The monoisotopic (exact) mass is 391 g/mol. The van der Waals surface area contributed by atoms with E-state index in [0.29, 0.717) is 17.6 Å². The van der Waals surface area contributed by atoms with Gasteiger partial charge in [0.1, 0.15) is 0 Å². The van der Waals surface area contributed by atoms with Gasteiger partial charge in [0.25, 0.3) is 5.91 Å². The number of carbonyl (C=O) groups excluding carboxylic acids is 2. The lowest BCUT2D eigenvalue weighted by Gasteiger charge is -2.30. The second-order valence-electron chi connectivity index (χ2n) is 7.03. The molecule has 0 saturated heterocycles. The first-order valence-electron chi connectivity index (χ1n) is 9.38. The number of aryl methyl sites for hydroxylation is 1. The van der Waals surface area contributed by atoms with Gasteiger partial charge in [-0.25, -0.2) is 0 Å². The molecule has 3 unspecified atom stereocenters. The molecule has 1 aliphatic carbocycles. The van der Waals surface area contributed by atoms with Crippen molar-refractivity contribution in [2.75, 3.05) is 0 Å².